The maximum atomic E-state index is 12.3. The smallest absolute Gasteiger partial charge is 0.409 e. The number of hydrogen-bond acceptors (Lipinski definition) is 6. The molecule has 0 radical (unpaired) electrons. The van der Waals surface area contributed by atoms with Crippen LogP contribution in [-0.4, -0.2) is 76.9 Å². The van der Waals surface area contributed by atoms with Gasteiger partial charge in [-0.2, -0.15) is 5.10 Å². The predicted octanol–water partition coefficient (Wildman–Crippen LogP) is 1.95. The number of hydrogen-bond donors (Lipinski definition) is 0. The van der Waals surface area contributed by atoms with Gasteiger partial charge in [-0.05, 0) is 51.1 Å². The molecular formula is C21H26N4O5. The van der Waals surface area contributed by atoms with Gasteiger partial charge in [-0.25, -0.2) is 14.3 Å². The molecule has 0 spiro atoms. The number of piperazine rings is 1. The largest absolute Gasteiger partial charge is 0.452 e. The summed E-state index contributed by atoms with van der Waals surface area (Å²) in [5.74, 6) is -0.848. The molecule has 1 aliphatic heterocycles. The molecule has 2 heterocycles. The lowest BCUT2D eigenvalue weighted by Gasteiger charge is -2.33. The Morgan fingerprint density at radius 2 is 1.60 bits per heavy atom. The van der Waals surface area contributed by atoms with Crippen LogP contribution in [-0.2, 0) is 14.3 Å². The first-order valence-corrected chi connectivity index (χ1v) is 9.89. The summed E-state index contributed by atoms with van der Waals surface area (Å²) in [4.78, 5) is 39.4. The summed E-state index contributed by atoms with van der Waals surface area (Å²) in [6, 6.07) is 8.84. The molecule has 0 atom stereocenters. The van der Waals surface area contributed by atoms with E-state index in [-0.39, 0.29) is 18.6 Å². The van der Waals surface area contributed by atoms with Gasteiger partial charge in [0, 0.05) is 31.9 Å². The molecule has 3 rings (SSSR count). The molecule has 1 saturated heterocycles. The van der Waals surface area contributed by atoms with Crippen molar-refractivity contribution in [3.05, 3.63) is 47.3 Å². The summed E-state index contributed by atoms with van der Waals surface area (Å²) in [6.45, 7) is 7.16. The molecule has 0 unspecified atom stereocenters. The van der Waals surface area contributed by atoms with Gasteiger partial charge < -0.3 is 19.3 Å². The van der Waals surface area contributed by atoms with E-state index in [0.717, 1.165) is 17.1 Å². The predicted molar refractivity (Wildman–Crippen MR) is 108 cm³/mol. The Morgan fingerprint density at radius 1 is 0.967 bits per heavy atom. The Balaban J connectivity index is 1.49. The third-order valence-electron chi connectivity index (χ3n) is 4.84. The second kappa shape index (κ2) is 9.43. The third kappa shape index (κ3) is 4.97. The molecule has 0 bridgehead atoms. The van der Waals surface area contributed by atoms with Gasteiger partial charge in [0.05, 0.1) is 23.6 Å². The third-order valence-corrected chi connectivity index (χ3v) is 4.84. The van der Waals surface area contributed by atoms with E-state index in [4.69, 9.17) is 9.47 Å². The van der Waals surface area contributed by atoms with Gasteiger partial charge in [-0.3, -0.25) is 4.79 Å². The summed E-state index contributed by atoms with van der Waals surface area (Å²) in [7, 11) is 0. The second-order valence-corrected chi connectivity index (χ2v) is 7.03. The Labute approximate surface area is 175 Å². The molecule has 0 aliphatic carbocycles. The number of carbonyl (C=O) groups excluding carboxylic acids is 3. The van der Waals surface area contributed by atoms with Crippen LogP contribution in [0.25, 0.3) is 5.69 Å². The van der Waals surface area contributed by atoms with Crippen molar-refractivity contribution in [2.45, 2.75) is 20.8 Å². The lowest BCUT2D eigenvalue weighted by atomic mass is 10.2. The number of nitrogens with zero attached hydrogens (tertiary/aromatic N) is 4. The average Bonchev–Trinajstić information content (AvgIpc) is 3.10. The SMILES string of the molecule is CCOC(=O)N1CCN(C(=O)COC(=O)c2ccc(-n3nc(C)cc3C)cc2)CC1. The number of carbonyl (C=O) groups is 3. The Kier molecular flexibility index (Phi) is 6.71. The molecule has 1 aromatic carbocycles. The standard InChI is InChI=1S/C21H26N4O5/c1-4-29-21(28)24-11-9-23(10-12-24)19(26)14-30-20(27)17-5-7-18(8-6-17)25-16(3)13-15(2)22-25/h5-8,13H,4,9-12,14H2,1-3H3. The molecule has 1 aliphatic rings. The van der Waals surface area contributed by atoms with Crippen LogP contribution in [0.4, 0.5) is 4.79 Å². The van der Waals surface area contributed by atoms with Crippen LogP contribution in [0.3, 0.4) is 0 Å². The summed E-state index contributed by atoms with van der Waals surface area (Å²) in [5.41, 5.74) is 3.11. The van der Waals surface area contributed by atoms with Gasteiger partial charge in [-0.1, -0.05) is 0 Å². The van der Waals surface area contributed by atoms with Crippen molar-refractivity contribution >= 4 is 18.0 Å². The molecule has 0 saturated carbocycles. The summed E-state index contributed by atoms with van der Waals surface area (Å²) in [5, 5.41) is 4.41. The van der Waals surface area contributed by atoms with E-state index in [0.29, 0.717) is 38.3 Å². The van der Waals surface area contributed by atoms with E-state index in [2.05, 4.69) is 5.10 Å². The van der Waals surface area contributed by atoms with Gasteiger partial charge in [-0.15, -0.1) is 0 Å². The van der Waals surface area contributed by atoms with Crippen molar-refractivity contribution in [2.24, 2.45) is 0 Å². The van der Waals surface area contributed by atoms with Gasteiger partial charge in [0.25, 0.3) is 5.91 Å². The summed E-state index contributed by atoms with van der Waals surface area (Å²) >= 11 is 0. The van der Waals surface area contributed by atoms with Gasteiger partial charge in [0.1, 0.15) is 0 Å². The van der Waals surface area contributed by atoms with Crippen molar-refractivity contribution < 1.29 is 23.9 Å². The van der Waals surface area contributed by atoms with Gasteiger partial charge >= 0.3 is 12.1 Å². The van der Waals surface area contributed by atoms with Crippen molar-refractivity contribution in [1.82, 2.24) is 19.6 Å². The van der Waals surface area contributed by atoms with Gasteiger partial charge in [0.2, 0.25) is 0 Å². The van der Waals surface area contributed by atoms with E-state index in [1.165, 1.54) is 0 Å². The van der Waals surface area contributed by atoms with Crippen molar-refractivity contribution in [3.63, 3.8) is 0 Å². The number of aromatic nitrogens is 2. The molecule has 9 nitrogen and oxygen atoms in total. The fraction of sp³-hybridized carbons (Fsp3) is 0.429. The van der Waals surface area contributed by atoms with Crippen LogP contribution in [0.5, 0.6) is 0 Å². The van der Waals surface area contributed by atoms with Crippen molar-refractivity contribution in [1.29, 1.82) is 0 Å². The van der Waals surface area contributed by atoms with E-state index in [1.54, 1.807) is 45.7 Å². The molecule has 2 amide bonds. The minimum atomic E-state index is -0.562. The number of amides is 2. The minimum absolute atomic E-state index is 0.286. The molecule has 9 heteroatoms. The monoisotopic (exact) mass is 414 g/mol. The highest BCUT2D eigenvalue weighted by Crippen LogP contribution is 2.14. The van der Waals surface area contributed by atoms with E-state index < -0.39 is 5.97 Å². The lowest BCUT2D eigenvalue weighted by Crippen LogP contribution is -2.51. The van der Waals surface area contributed by atoms with Crippen LogP contribution < -0.4 is 0 Å². The zero-order chi connectivity index (χ0) is 21.7. The van der Waals surface area contributed by atoms with Gasteiger partial charge in [0.15, 0.2) is 6.61 Å². The molecule has 160 valence electrons. The zero-order valence-electron chi connectivity index (χ0n) is 17.5. The molecule has 2 aromatic rings. The fourth-order valence-corrected chi connectivity index (χ4v) is 3.28. The topological polar surface area (TPSA) is 94.0 Å². The number of aryl methyl sites for hydroxylation is 2. The zero-order valence-corrected chi connectivity index (χ0v) is 17.5. The Morgan fingerprint density at radius 3 is 2.17 bits per heavy atom. The highest BCUT2D eigenvalue weighted by Gasteiger charge is 2.25. The quantitative estimate of drug-likeness (QED) is 0.694. The first-order chi connectivity index (χ1) is 14.4. The first kappa shape index (κ1) is 21.4. The molecule has 0 N–H and O–H groups in total. The Bertz CT molecular complexity index is 914. The molecule has 1 aromatic heterocycles. The van der Waals surface area contributed by atoms with Crippen LogP contribution in [0, 0.1) is 13.8 Å². The maximum absolute atomic E-state index is 12.3. The summed E-state index contributed by atoms with van der Waals surface area (Å²) < 4.78 is 11.9. The number of rotatable bonds is 5. The van der Waals surface area contributed by atoms with E-state index >= 15 is 0 Å². The normalized spacial score (nSPS) is 13.8. The van der Waals surface area contributed by atoms with Crippen LogP contribution in [0.2, 0.25) is 0 Å². The number of esters is 1. The van der Waals surface area contributed by atoms with Crippen LogP contribution in [0.1, 0.15) is 28.7 Å². The van der Waals surface area contributed by atoms with Crippen LogP contribution >= 0.6 is 0 Å². The highest BCUT2D eigenvalue weighted by molar-refractivity contribution is 5.91. The van der Waals surface area contributed by atoms with E-state index in [1.807, 2.05) is 19.9 Å². The minimum Gasteiger partial charge on any atom is -0.452 e. The fourth-order valence-electron chi connectivity index (χ4n) is 3.28. The number of ether oxygens (including phenoxy) is 2. The summed E-state index contributed by atoms with van der Waals surface area (Å²) in [6.07, 6.45) is -0.375. The number of benzene rings is 1. The van der Waals surface area contributed by atoms with Crippen LogP contribution in [0.15, 0.2) is 30.3 Å². The highest BCUT2D eigenvalue weighted by atomic mass is 16.6. The second-order valence-electron chi connectivity index (χ2n) is 7.03. The van der Waals surface area contributed by atoms with E-state index in [9.17, 15) is 14.4 Å². The maximum Gasteiger partial charge on any atom is 0.409 e. The molecule has 1 fully saturated rings. The Hall–Kier alpha value is -3.36. The average molecular weight is 414 g/mol. The van der Waals surface area contributed by atoms with Crippen molar-refractivity contribution in [3.8, 4) is 5.69 Å². The first-order valence-electron chi connectivity index (χ1n) is 9.89. The molecular weight excluding hydrogens is 388 g/mol. The van der Waals surface area contributed by atoms with Crippen molar-refractivity contribution in [2.75, 3.05) is 39.4 Å². The lowest BCUT2D eigenvalue weighted by molar-refractivity contribution is -0.136. The molecule has 30 heavy (non-hydrogen) atoms.